The summed E-state index contributed by atoms with van der Waals surface area (Å²) in [7, 11) is 1.95. The van der Waals surface area contributed by atoms with Crippen molar-refractivity contribution in [2.45, 2.75) is 12.8 Å². The van der Waals surface area contributed by atoms with Gasteiger partial charge in [0.2, 0.25) is 0 Å². The quantitative estimate of drug-likeness (QED) is 0.758. The minimum Gasteiger partial charge on any atom is -0.319 e. The van der Waals surface area contributed by atoms with Crippen molar-refractivity contribution < 1.29 is 4.39 Å². The first kappa shape index (κ1) is 14.2. The van der Waals surface area contributed by atoms with Gasteiger partial charge in [-0.3, -0.25) is 4.40 Å². The zero-order chi connectivity index (χ0) is 14.7. The molecule has 0 aliphatic rings. The van der Waals surface area contributed by atoms with Crippen LogP contribution in [0.5, 0.6) is 0 Å². The molecule has 0 amide bonds. The second-order valence-corrected chi connectivity index (χ2v) is 6.16. The van der Waals surface area contributed by atoms with Gasteiger partial charge >= 0.3 is 0 Å². The van der Waals surface area contributed by atoms with Crippen LogP contribution in [0.15, 0.2) is 42.0 Å². The van der Waals surface area contributed by atoms with Crippen LogP contribution in [-0.4, -0.2) is 23.0 Å². The molecule has 0 bridgehead atoms. The fraction of sp³-hybridized carbons (Fsp3) is 0.312. The van der Waals surface area contributed by atoms with Crippen LogP contribution in [0.1, 0.15) is 11.3 Å². The van der Waals surface area contributed by atoms with Crippen LogP contribution in [0.25, 0.3) is 4.96 Å². The topological polar surface area (TPSA) is 29.3 Å². The average Bonchev–Trinajstić information content (AvgIpc) is 3.00. The van der Waals surface area contributed by atoms with E-state index in [9.17, 15) is 4.39 Å². The van der Waals surface area contributed by atoms with Crippen molar-refractivity contribution in [3.05, 3.63) is 59.1 Å². The fourth-order valence-electron chi connectivity index (χ4n) is 2.67. The Labute approximate surface area is 127 Å². The maximum atomic E-state index is 13.3. The summed E-state index contributed by atoms with van der Waals surface area (Å²) in [5.41, 5.74) is 2.13. The molecule has 1 aromatic carbocycles. The summed E-state index contributed by atoms with van der Waals surface area (Å²) in [6, 6.07) is 6.86. The van der Waals surface area contributed by atoms with E-state index in [1.54, 1.807) is 23.5 Å². The molecule has 2 heterocycles. The van der Waals surface area contributed by atoms with E-state index in [4.69, 9.17) is 0 Å². The molecular formula is C16H18FN3S. The third-order valence-electron chi connectivity index (χ3n) is 3.55. The number of aromatic nitrogens is 2. The van der Waals surface area contributed by atoms with Crippen LogP contribution in [-0.2, 0) is 12.8 Å². The molecule has 1 atom stereocenters. The zero-order valence-electron chi connectivity index (χ0n) is 11.9. The Morgan fingerprint density at radius 1 is 1.38 bits per heavy atom. The SMILES string of the molecule is CNCC(Cc1cccc(F)c1)Cc1cn2ccsc2n1. The smallest absolute Gasteiger partial charge is 0.193 e. The van der Waals surface area contributed by atoms with Gasteiger partial charge in [0.25, 0.3) is 0 Å². The van der Waals surface area contributed by atoms with Crippen LogP contribution in [0, 0.1) is 11.7 Å². The van der Waals surface area contributed by atoms with Crippen molar-refractivity contribution in [1.82, 2.24) is 14.7 Å². The number of benzene rings is 1. The van der Waals surface area contributed by atoms with Gasteiger partial charge in [-0.15, -0.1) is 11.3 Å². The molecule has 0 spiro atoms. The lowest BCUT2D eigenvalue weighted by Crippen LogP contribution is -2.23. The van der Waals surface area contributed by atoms with E-state index in [0.717, 1.165) is 35.6 Å². The van der Waals surface area contributed by atoms with Gasteiger partial charge in [-0.05, 0) is 50.0 Å². The van der Waals surface area contributed by atoms with Crippen molar-refractivity contribution >= 4 is 16.3 Å². The maximum Gasteiger partial charge on any atom is 0.193 e. The van der Waals surface area contributed by atoms with Gasteiger partial charge in [0, 0.05) is 17.8 Å². The molecule has 1 unspecified atom stereocenters. The Hall–Kier alpha value is -1.72. The van der Waals surface area contributed by atoms with Gasteiger partial charge in [-0.25, -0.2) is 9.37 Å². The number of hydrogen-bond acceptors (Lipinski definition) is 3. The number of nitrogens with zero attached hydrogens (tertiary/aromatic N) is 2. The summed E-state index contributed by atoms with van der Waals surface area (Å²) in [6.45, 7) is 0.891. The van der Waals surface area contributed by atoms with Crippen molar-refractivity contribution in [1.29, 1.82) is 0 Å². The number of imidazole rings is 1. The van der Waals surface area contributed by atoms with Crippen LogP contribution in [0.2, 0.25) is 0 Å². The van der Waals surface area contributed by atoms with Crippen LogP contribution in [0.4, 0.5) is 4.39 Å². The first-order chi connectivity index (χ1) is 10.2. The highest BCUT2D eigenvalue weighted by Crippen LogP contribution is 2.17. The molecule has 3 aromatic rings. The van der Waals surface area contributed by atoms with Crippen LogP contribution in [0.3, 0.4) is 0 Å². The molecule has 0 aliphatic heterocycles. The lowest BCUT2D eigenvalue weighted by molar-refractivity contribution is 0.487. The lowest BCUT2D eigenvalue weighted by Gasteiger charge is -2.15. The van der Waals surface area contributed by atoms with Crippen molar-refractivity contribution in [3.63, 3.8) is 0 Å². The van der Waals surface area contributed by atoms with E-state index in [-0.39, 0.29) is 5.82 Å². The predicted molar refractivity (Wildman–Crippen MR) is 84.3 cm³/mol. The van der Waals surface area contributed by atoms with Crippen molar-refractivity contribution in [2.24, 2.45) is 5.92 Å². The third-order valence-corrected chi connectivity index (χ3v) is 4.32. The van der Waals surface area contributed by atoms with Crippen molar-refractivity contribution in [2.75, 3.05) is 13.6 Å². The number of hydrogen-bond donors (Lipinski definition) is 1. The van der Waals surface area contributed by atoms with Gasteiger partial charge in [-0.2, -0.15) is 0 Å². The molecule has 110 valence electrons. The first-order valence-corrected chi connectivity index (χ1v) is 7.92. The molecular weight excluding hydrogens is 285 g/mol. The Morgan fingerprint density at radius 3 is 3.05 bits per heavy atom. The highest BCUT2D eigenvalue weighted by molar-refractivity contribution is 7.15. The normalized spacial score (nSPS) is 12.9. The summed E-state index contributed by atoms with van der Waals surface area (Å²) in [4.78, 5) is 5.66. The number of fused-ring (bicyclic) bond motifs is 1. The van der Waals surface area contributed by atoms with Gasteiger partial charge in [-0.1, -0.05) is 12.1 Å². The molecule has 0 fully saturated rings. The highest BCUT2D eigenvalue weighted by Gasteiger charge is 2.13. The van der Waals surface area contributed by atoms with Gasteiger partial charge in [0.05, 0.1) is 5.69 Å². The standard InChI is InChI=1S/C16H18FN3S/c1-18-10-13(7-12-3-2-4-14(17)8-12)9-15-11-20-5-6-21-16(20)19-15/h2-6,8,11,13,18H,7,9-10H2,1H3. The molecule has 0 saturated carbocycles. The Balaban J connectivity index is 1.73. The summed E-state index contributed by atoms with van der Waals surface area (Å²) in [5, 5.41) is 5.26. The minimum absolute atomic E-state index is 0.168. The van der Waals surface area contributed by atoms with Gasteiger partial charge in [0.15, 0.2) is 4.96 Å². The third kappa shape index (κ3) is 3.49. The monoisotopic (exact) mass is 303 g/mol. The summed E-state index contributed by atoms with van der Waals surface area (Å²) >= 11 is 1.64. The van der Waals surface area contributed by atoms with E-state index in [2.05, 4.69) is 20.9 Å². The second kappa shape index (κ2) is 6.37. The van der Waals surface area contributed by atoms with Crippen molar-refractivity contribution in [3.8, 4) is 0 Å². The zero-order valence-corrected chi connectivity index (χ0v) is 12.7. The number of thiazole rings is 1. The molecule has 2 aromatic heterocycles. The molecule has 21 heavy (non-hydrogen) atoms. The summed E-state index contributed by atoms with van der Waals surface area (Å²) in [5.74, 6) is 0.236. The van der Waals surface area contributed by atoms with Gasteiger partial charge < -0.3 is 5.32 Å². The highest BCUT2D eigenvalue weighted by atomic mass is 32.1. The van der Waals surface area contributed by atoms with Crippen LogP contribution < -0.4 is 5.32 Å². The van der Waals surface area contributed by atoms with E-state index in [1.165, 1.54) is 6.07 Å². The fourth-order valence-corrected chi connectivity index (χ4v) is 3.39. The molecule has 3 nitrogen and oxygen atoms in total. The Bertz CT molecular complexity index is 690. The van der Waals surface area contributed by atoms with E-state index >= 15 is 0 Å². The molecule has 0 radical (unpaired) electrons. The molecule has 3 rings (SSSR count). The Kier molecular flexibility index (Phi) is 4.31. The van der Waals surface area contributed by atoms with E-state index < -0.39 is 0 Å². The van der Waals surface area contributed by atoms with E-state index in [0.29, 0.717) is 5.92 Å². The number of nitrogens with one attached hydrogen (secondary N) is 1. The largest absolute Gasteiger partial charge is 0.319 e. The predicted octanol–water partition coefficient (Wildman–Crippen LogP) is 3.16. The number of halogens is 1. The molecule has 0 aliphatic carbocycles. The second-order valence-electron chi connectivity index (χ2n) is 5.29. The summed E-state index contributed by atoms with van der Waals surface area (Å²) in [6.07, 6.45) is 5.85. The molecule has 1 N–H and O–H groups in total. The van der Waals surface area contributed by atoms with Crippen LogP contribution >= 0.6 is 11.3 Å². The average molecular weight is 303 g/mol. The Morgan fingerprint density at radius 2 is 2.29 bits per heavy atom. The van der Waals surface area contributed by atoms with Gasteiger partial charge in [0.1, 0.15) is 5.82 Å². The maximum absolute atomic E-state index is 13.3. The molecule has 0 saturated heterocycles. The molecule has 5 heteroatoms. The first-order valence-electron chi connectivity index (χ1n) is 7.04. The minimum atomic E-state index is -0.168. The summed E-state index contributed by atoms with van der Waals surface area (Å²) < 4.78 is 15.4. The lowest BCUT2D eigenvalue weighted by atomic mass is 9.95. The number of rotatable bonds is 6. The van der Waals surface area contributed by atoms with E-state index in [1.807, 2.05) is 24.7 Å².